The molecular formula is C20H24F3N3O2. The summed E-state index contributed by atoms with van der Waals surface area (Å²) in [6.07, 6.45) is -1.24. The third kappa shape index (κ3) is 5.42. The number of hydrogen-bond donors (Lipinski definition) is 1. The van der Waals surface area contributed by atoms with Crippen molar-refractivity contribution in [2.45, 2.75) is 45.0 Å². The zero-order chi connectivity index (χ0) is 20.1. The first-order chi connectivity index (χ1) is 13.3. The molecular weight excluding hydrogens is 371 g/mol. The van der Waals surface area contributed by atoms with E-state index in [9.17, 15) is 18.0 Å². The summed E-state index contributed by atoms with van der Waals surface area (Å²) in [4.78, 5) is 19.8. The molecule has 0 radical (unpaired) electrons. The summed E-state index contributed by atoms with van der Waals surface area (Å²) in [5.41, 5.74) is -0.529. The van der Waals surface area contributed by atoms with E-state index in [4.69, 9.17) is 4.74 Å². The molecule has 2 heterocycles. The van der Waals surface area contributed by atoms with Gasteiger partial charge in [-0.2, -0.15) is 13.2 Å². The van der Waals surface area contributed by atoms with Gasteiger partial charge in [0.1, 0.15) is 5.82 Å². The largest absolute Gasteiger partial charge is 0.433 e. The normalized spacial score (nSPS) is 18.4. The number of alkyl halides is 3. The number of H-pyrrole nitrogens is 1. The van der Waals surface area contributed by atoms with Crippen molar-refractivity contribution in [1.29, 1.82) is 0 Å². The van der Waals surface area contributed by atoms with Crippen molar-refractivity contribution in [3.05, 3.63) is 51.9 Å². The van der Waals surface area contributed by atoms with Gasteiger partial charge in [-0.1, -0.05) is 31.2 Å². The Morgan fingerprint density at radius 1 is 1.29 bits per heavy atom. The molecule has 5 nitrogen and oxygen atoms in total. The molecule has 1 N–H and O–H groups in total. The number of aromatic amines is 1. The van der Waals surface area contributed by atoms with E-state index < -0.39 is 17.4 Å². The lowest BCUT2D eigenvalue weighted by Gasteiger charge is -2.32. The maximum absolute atomic E-state index is 12.9. The topological polar surface area (TPSA) is 58.2 Å². The number of benzene rings is 1. The van der Waals surface area contributed by atoms with Crippen molar-refractivity contribution in [1.82, 2.24) is 14.9 Å². The first kappa shape index (κ1) is 20.5. The van der Waals surface area contributed by atoms with Crippen LogP contribution in [-0.4, -0.2) is 40.7 Å². The van der Waals surface area contributed by atoms with Crippen molar-refractivity contribution in [3.63, 3.8) is 0 Å². The van der Waals surface area contributed by atoms with Gasteiger partial charge < -0.3 is 9.72 Å². The first-order valence-electron chi connectivity index (χ1n) is 9.47. The smallest absolute Gasteiger partial charge is 0.377 e. The van der Waals surface area contributed by atoms with Gasteiger partial charge in [-0.15, -0.1) is 0 Å². The van der Waals surface area contributed by atoms with E-state index in [0.717, 1.165) is 51.1 Å². The molecule has 2 aromatic rings. The summed E-state index contributed by atoms with van der Waals surface area (Å²) in [5, 5.41) is 0. The van der Waals surface area contributed by atoms with Crippen LogP contribution in [0.2, 0.25) is 0 Å². The summed E-state index contributed by atoms with van der Waals surface area (Å²) in [7, 11) is 0. The number of aromatic nitrogens is 2. The average molecular weight is 395 g/mol. The summed E-state index contributed by atoms with van der Waals surface area (Å²) >= 11 is 0. The third-order valence-electron chi connectivity index (χ3n) is 4.69. The number of piperidine rings is 1. The van der Waals surface area contributed by atoms with Crippen molar-refractivity contribution in [3.8, 4) is 11.4 Å². The lowest BCUT2D eigenvalue weighted by atomic mass is 10.1. The Kier molecular flexibility index (Phi) is 6.51. The molecule has 0 saturated carbocycles. The van der Waals surface area contributed by atoms with Crippen molar-refractivity contribution >= 4 is 0 Å². The second kappa shape index (κ2) is 8.87. The second-order valence-corrected chi connectivity index (χ2v) is 7.04. The Hall–Kier alpha value is -2.19. The van der Waals surface area contributed by atoms with E-state index in [-0.39, 0.29) is 11.9 Å². The monoisotopic (exact) mass is 395 g/mol. The SMILES string of the molecule is CCCOC1CCCN(Cc2ccc(-c3nc(C(F)(F)F)cc(=O)[nH]3)cc2)C1. The Bertz CT molecular complexity index is 834. The van der Waals surface area contributed by atoms with E-state index in [1.807, 2.05) is 12.1 Å². The highest BCUT2D eigenvalue weighted by Gasteiger charge is 2.33. The van der Waals surface area contributed by atoms with Gasteiger partial charge in [0.05, 0.1) is 6.10 Å². The highest BCUT2D eigenvalue weighted by atomic mass is 19.4. The zero-order valence-electron chi connectivity index (χ0n) is 15.8. The maximum Gasteiger partial charge on any atom is 0.433 e. The molecule has 0 aliphatic carbocycles. The van der Waals surface area contributed by atoms with E-state index in [2.05, 4.69) is 21.8 Å². The summed E-state index contributed by atoms with van der Waals surface area (Å²) < 4.78 is 44.5. The lowest BCUT2D eigenvalue weighted by molar-refractivity contribution is -0.141. The van der Waals surface area contributed by atoms with Crippen molar-refractivity contribution < 1.29 is 17.9 Å². The van der Waals surface area contributed by atoms with E-state index in [1.54, 1.807) is 12.1 Å². The Morgan fingerprint density at radius 3 is 2.71 bits per heavy atom. The number of likely N-dealkylation sites (tertiary alicyclic amines) is 1. The van der Waals surface area contributed by atoms with E-state index in [0.29, 0.717) is 11.6 Å². The molecule has 1 unspecified atom stereocenters. The predicted octanol–water partition coefficient (Wildman–Crippen LogP) is 3.85. The summed E-state index contributed by atoms with van der Waals surface area (Å²) in [6, 6.07) is 7.54. The molecule has 1 aliphatic rings. The quantitative estimate of drug-likeness (QED) is 0.807. The van der Waals surface area contributed by atoms with Gasteiger partial charge in [-0.3, -0.25) is 9.69 Å². The van der Waals surface area contributed by atoms with Gasteiger partial charge in [0.2, 0.25) is 0 Å². The van der Waals surface area contributed by atoms with Gasteiger partial charge in [0.15, 0.2) is 5.69 Å². The molecule has 3 rings (SSSR count). The minimum absolute atomic E-state index is 0.0858. The number of rotatable bonds is 6. The van der Waals surface area contributed by atoms with Crippen LogP contribution in [0.3, 0.4) is 0 Å². The maximum atomic E-state index is 12.9. The molecule has 1 atom stereocenters. The molecule has 1 fully saturated rings. The summed E-state index contributed by atoms with van der Waals surface area (Å²) in [5.74, 6) is -0.0858. The van der Waals surface area contributed by atoms with Crippen LogP contribution < -0.4 is 5.56 Å². The highest BCUT2D eigenvalue weighted by Crippen LogP contribution is 2.28. The van der Waals surface area contributed by atoms with Gasteiger partial charge in [-0.25, -0.2) is 4.98 Å². The van der Waals surface area contributed by atoms with Crippen LogP contribution in [0.15, 0.2) is 35.1 Å². The number of hydrogen-bond acceptors (Lipinski definition) is 4. The molecule has 1 aliphatic heterocycles. The minimum Gasteiger partial charge on any atom is -0.377 e. The van der Waals surface area contributed by atoms with Crippen LogP contribution in [0, 0.1) is 0 Å². The second-order valence-electron chi connectivity index (χ2n) is 7.04. The molecule has 0 spiro atoms. The Balaban J connectivity index is 1.69. The highest BCUT2D eigenvalue weighted by molar-refractivity contribution is 5.55. The fraction of sp³-hybridized carbons (Fsp3) is 0.500. The molecule has 0 amide bonds. The van der Waals surface area contributed by atoms with Crippen molar-refractivity contribution in [2.24, 2.45) is 0 Å². The van der Waals surface area contributed by atoms with E-state index >= 15 is 0 Å². The molecule has 8 heteroatoms. The molecule has 28 heavy (non-hydrogen) atoms. The van der Waals surface area contributed by atoms with Crippen LogP contribution in [0.5, 0.6) is 0 Å². The number of nitrogens with one attached hydrogen (secondary N) is 1. The number of nitrogens with zero attached hydrogens (tertiary/aromatic N) is 2. The lowest BCUT2D eigenvalue weighted by Crippen LogP contribution is -2.39. The van der Waals surface area contributed by atoms with Crippen LogP contribution in [-0.2, 0) is 17.5 Å². The van der Waals surface area contributed by atoms with Crippen LogP contribution in [0.1, 0.15) is 37.4 Å². The van der Waals surface area contributed by atoms with Crippen LogP contribution in [0.25, 0.3) is 11.4 Å². The Morgan fingerprint density at radius 2 is 2.04 bits per heavy atom. The van der Waals surface area contributed by atoms with Gasteiger partial charge in [-0.05, 0) is 31.4 Å². The molecule has 1 aromatic heterocycles. The molecule has 0 bridgehead atoms. The fourth-order valence-electron chi connectivity index (χ4n) is 3.34. The fourth-order valence-corrected chi connectivity index (χ4v) is 3.34. The molecule has 152 valence electrons. The predicted molar refractivity (Wildman–Crippen MR) is 99.8 cm³/mol. The van der Waals surface area contributed by atoms with Gasteiger partial charge in [0.25, 0.3) is 5.56 Å². The first-order valence-corrected chi connectivity index (χ1v) is 9.47. The number of halogens is 3. The van der Waals surface area contributed by atoms with Gasteiger partial charge >= 0.3 is 6.18 Å². The van der Waals surface area contributed by atoms with Crippen molar-refractivity contribution in [2.75, 3.05) is 19.7 Å². The number of ether oxygens (including phenoxy) is 1. The minimum atomic E-state index is -4.66. The van der Waals surface area contributed by atoms with Crippen LogP contribution in [0.4, 0.5) is 13.2 Å². The van der Waals surface area contributed by atoms with E-state index in [1.165, 1.54) is 0 Å². The Labute approximate surface area is 161 Å². The standard InChI is InChI=1S/C20H24F3N3O2/c1-2-10-28-16-4-3-9-26(13-16)12-14-5-7-15(8-6-14)19-24-17(20(21,22)23)11-18(27)25-19/h5-8,11,16H,2-4,9-10,12-13H2,1H3,(H,24,25,27). The van der Waals surface area contributed by atoms with Gasteiger partial charge in [0, 0.05) is 31.3 Å². The third-order valence-corrected chi connectivity index (χ3v) is 4.69. The average Bonchev–Trinajstić information content (AvgIpc) is 2.66. The zero-order valence-corrected chi connectivity index (χ0v) is 15.8. The molecule has 1 aromatic carbocycles. The summed E-state index contributed by atoms with van der Waals surface area (Å²) in [6.45, 7) is 5.49. The van der Waals surface area contributed by atoms with Crippen LogP contribution >= 0.6 is 0 Å². The molecule has 1 saturated heterocycles.